The number of hydrogen-bond donors (Lipinski definition) is 0. The van der Waals surface area contributed by atoms with Crippen LogP contribution in [-0.4, -0.2) is 27.6 Å². The molecule has 0 aromatic heterocycles. The van der Waals surface area contributed by atoms with E-state index in [0.29, 0.717) is 13.2 Å². The molecule has 24 heavy (non-hydrogen) atoms. The van der Waals surface area contributed by atoms with Crippen LogP contribution in [0, 0.1) is 5.92 Å². The zero-order chi connectivity index (χ0) is 18.2. The molecule has 0 aromatic carbocycles. The lowest BCUT2D eigenvalue weighted by Gasteiger charge is -2.35. The normalized spacial score (nSPS) is 23.0. The van der Waals surface area contributed by atoms with Crippen molar-refractivity contribution in [3.05, 3.63) is 11.4 Å². The molecule has 0 bridgehead atoms. The highest BCUT2D eigenvalue weighted by Crippen LogP contribution is 2.58. The molecule has 0 N–H and O–H groups in total. The van der Waals surface area contributed by atoms with Gasteiger partial charge in [0.05, 0.1) is 19.3 Å². The average Bonchev–Trinajstić information content (AvgIpc) is 2.75. The van der Waals surface area contributed by atoms with Gasteiger partial charge in [-0.25, -0.2) is 0 Å². The summed E-state index contributed by atoms with van der Waals surface area (Å²) in [6.45, 7) is 13.5. The molecule has 6 heteroatoms. The molecule has 0 amide bonds. The summed E-state index contributed by atoms with van der Waals surface area (Å²) in [4.78, 5) is 0. The second-order valence-corrected chi connectivity index (χ2v) is 13.5. The van der Waals surface area contributed by atoms with Crippen molar-refractivity contribution in [1.82, 2.24) is 0 Å². The minimum Gasteiger partial charge on any atom is -0.413 e. The van der Waals surface area contributed by atoms with Gasteiger partial charge in [0.15, 0.2) is 8.32 Å². The molecule has 0 aromatic rings. The molecule has 0 heterocycles. The molecule has 1 rings (SSSR count). The summed E-state index contributed by atoms with van der Waals surface area (Å²) < 4.78 is 30.9. The summed E-state index contributed by atoms with van der Waals surface area (Å²) in [5.41, 5.74) is 0. The maximum absolute atomic E-state index is 13.1. The van der Waals surface area contributed by atoms with E-state index in [1.54, 1.807) is 0 Å². The summed E-state index contributed by atoms with van der Waals surface area (Å²) in [5, 5.41) is 0.849. The van der Waals surface area contributed by atoms with Gasteiger partial charge in [-0.05, 0) is 57.2 Å². The third-order valence-corrected chi connectivity index (χ3v) is 12.2. The molecule has 0 radical (unpaired) electrons. The van der Waals surface area contributed by atoms with Crippen LogP contribution in [0.4, 0.5) is 0 Å². The van der Waals surface area contributed by atoms with Crippen LogP contribution in [0.3, 0.4) is 0 Å². The number of rotatable bonds is 10. The minimum absolute atomic E-state index is 0.228. The SMILES string of the molecule is CCOP(=O)(OCC)C1=C[C@@H](C)[C@H](O[Si](CC)(CC)CC)CCC1. The van der Waals surface area contributed by atoms with Crippen molar-refractivity contribution in [2.45, 2.75) is 85.0 Å². The van der Waals surface area contributed by atoms with Gasteiger partial charge in [-0.15, -0.1) is 0 Å². The first kappa shape index (κ1) is 22.1. The highest BCUT2D eigenvalue weighted by Gasteiger charge is 2.37. The zero-order valence-electron chi connectivity index (χ0n) is 16.5. The highest BCUT2D eigenvalue weighted by molar-refractivity contribution is 7.58. The van der Waals surface area contributed by atoms with Gasteiger partial charge in [0.1, 0.15) is 0 Å². The quantitative estimate of drug-likeness (QED) is 0.329. The molecule has 142 valence electrons. The van der Waals surface area contributed by atoms with E-state index < -0.39 is 15.9 Å². The molecule has 0 unspecified atom stereocenters. The predicted molar refractivity (Wildman–Crippen MR) is 104 cm³/mol. The fourth-order valence-electron chi connectivity index (χ4n) is 3.50. The van der Waals surface area contributed by atoms with E-state index in [1.165, 1.54) is 0 Å². The largest absolute Gasteiger partial charge is 0.413 e. The Morgan fingerprint density at radius 3 is 2.08 bits per heavy atom. The van der Waals surface area contributed by atoms with Gasteiger partial charge in [-0.1, -0.05) is 33.8 Å². The Labute approximate surface area is 150 Å². The molecule has 0 aliphatic heterocycles. The lowest BCUT2D eigenvalue weighted by Crippen LogP contribution is -2.41. The Balaban J connectivity index is 2.98. The molecular formula is C18H37O4PSi. The fraction of sp³-hybridized carbons (Fsp3) is 0.889. The van der Waals surface area contributed by atoms with E-state index in [1.807, 2.05) is 13.8 Å². The molecule has 4 nitrogen and oxygen atoms in total. The summed E-state index contributed by atoms with van der Waals surface area (Å²) in [7, 11) is -4.77. The third kappa shape index (κ3) is 5.53. The predicted octanol–water partition coefficient (Wildman–Crippen LogP) is 6.35. The highest BCUT2D eigenvalue weighted by atomic mass is 31.2. The molecule has 0 spiro atoms. The van der Waals surface area contributed by atoms with E-state index >= 15 is 0 Å². The number of allylic oxidation sites excluding steroid dienone is 1. The Kier molecular flexibility index (Phi) is 9.46. The minimum atomic E-state index is -3.14. The molecular weight excluding hydrogens is 339 g/mol. The standard InChI is InChI=1S/C18H37O4PSi/c1-7-20-23(19,21-8-2)17-13-12-14-18(16(6)15-17)22-24(9-3,10-4)11-5/h15-16,18H,7-14H2,1-6H3/t16-,18-/m1/s1. The van der Waals surface area contributed by atoms with Crippen molar-refractivity contribution in [1.29, 1.82) is 0 Å². The first-order valence-corrected chi connectivity index (χ1v) is 13.8. The van der Waals surface area contributed by atoms with E-state index in [2.05, 4.69) is 33.8 Å². The van der Waals surface area contributed by atoms with Crippen LogP contribution in [0.5, 0.6) is 0 Å². The maximum atomic E-state index is 13.1. The Hall–Kier alpha value is 0.0669. The van der Waals surface area contributed by atoms with Crippen LogP contribution in [0.15, 0.2) is 11.4 Å². The van der Waals surface area contributed by atoms with E-state index in [4.69, 9.17) is 13.5 Å². The van der Waals surface area contributed by atoms with Crippen molar-refractivity contribution >= 4 is 15.9 Å². The summed E-state index contributed by atoms with van der Waals surface area (Å²) in [5.74, 6) is 0.244. The second-order valence-electron chi connectivity index (χ2n) is 6.64. The zero-order valence-corrected chi connectivity index (χ0v) is 18.4. The van der Waals surface area contributed by atoms with Gasteiger partial charge in [0.25, 0.3) is 0 Å². The van der Waals surface area contributed by atoms with E-state index in [9.17, 15) is 4.57 Å². The lowest BCUT2D eigenvalue weighted by molar-refractivity contribution is 0.141. The Morgan fingerprint density at radius 1 is 1.08 bits per heavy atom. The smallest absolute Gasteiger partial charge is 0.356 e. The van der Waals surface area contributed by atoms with Gasteiger partial charge < -0.3 is 13.5 Å². The lowest BCUT2D eigenvalue weighted by atomic mass is 10.0. The first-order chi connectivity index (χ1) is 11.4. The second kappa shape index (κ2) is 10.3. The van der Waals surface area contributed by atoms with Gasteiger partial charge in [0, 0.05) is 5.31 Å². The average molecular weight is 377 g/mol. The van der Waals surface area contributed by atoms with Crippen molar-refractivity contribution in [2.24, 2.45) is 5.92 Å². The van der Waals surface area contributed by atoms with Crippen LogP contribution in [0.2, 0.25) is 18.1 Å². The number of hydrogen-bond acceptors (Lipinski definition) is 4. The van der Waals surface area contributed by atoms with Gasteiger partial charge in [0.2, 0.25) is 0 Å². The third-order valence-electron chi connectivity index (χ3n) is 5.25. The van der Waals surface area contributed by atoms with Crippen LogP contribution in [0.25, 0.3) is 0 Å². The first-order valence-electron chi connectivity index (χ1n) is 9.68. The van der Waals surface area contributed by atoms with E-state index in [-0.39, 0.29) is 12.0 Å². The molecule has 0 saturated heterocycles. The molecule has 1 aliphatic rings. The maximum Gasteiger partial charge on any atom is 0.356 e. The fourth-order valence-corrected chi connectivity index (χ4v) is 8.41. The molecule has 1 aliphatic carbocycles. The van der Waals surface area contributed by atoms with Gasteiger partial charge >= 0.3 is 7.60 Å². The van der Waals surface area contributed by atoms with Crippen LogP contribution in [0.1, 0.15) is 60.8 Å². The van der Waals surface area contributed by atoms with Crippen molar-refractivity contribution < 1.29 is 18.0 Å². The Morgan fingerprint density at radius 2 is 1.62 bits per heavy atom. The van der Waals surface area contributed by atoms with Crippen molar-refractivity contribution in [3.8, 4) is 0 Å². The van der Waals surface area contributed by atoms with Crippen LogP contribution in [-0.2, 0) is 18.0 Å². The summed E-state index contributed by atoms with van der Waals surface area (Å²) in [6, 6.07) is 3.49. The Bertz CT molecular complexity index is 430. The van der Waals surface area contributed by atoms with Crippen LogP contribution >= 0.6 is 7.60 Å². The molecule has 0 fully saturated rings. The van der Waals surface area contributed by atoms with Crippen molar-refractivity contribution in [3.63, 3.8) is 0 Å². The van der Waals surface area contributed by atoms with Gasteiger partial charge in [-0.2, -0.15) is 0 Å². The molecule has 2 atom stereocenters. The van der Waals surface area contributed by atoms with Crippen molar-refractivity contribution in [2.75, 3.05) is 13.2 Å². The van der Waals surface area contributed by atoms with E-state index in [0.717, 1.165) is 42.7 Å². The summed E-state index contributed by atoms with van der Waals surface area (Å²) >= 11 is 0. The van der Waals surface area contributed by atoms with Crippen LogP contribution < -0.4 is 0 Å². The topological polar surface area (TPSA) is 44.8 Å². The summed E-state index contributed by atoms with van der Waals surface area (Å²) in [6.07, 6.45) is 5.12. The monoisotopic (exact) mass is 376 g/mol. The molecule has 0 saturated carbocycles. The van der Waals surface area contributed by atoms with Gasteiger partial charge in [-0.3, -0.25) is 4.57 Å².